The number of rotatable bonds is 1. The highest BCUT2D eigenvalue weighted by Crippen LogP contribution is 2.29. The molecule has 1 unspecified atom stereocenters. The molecule has 20 heavy (non-hydrogen) atoms. The highest BCUT2D eigenvalue weighted by atomic mass is 16.6. The summed E-state index contributed by atoms with van der Waals surface area (Å²) in [6, 6.07) is 3.31. The fourth-order valence-corrected chi connectivity index (χ4v) is 2.38. The van der Waals surface area contributed by atoms with E-state index in [2.05, 4.69) is 4.98 Å². The number of aryl methyl sites for hydroxylation is 1. The third-order valence-electron chi connectivity index (χ3n) is 3.22. The van der Waals surface area contributed by atoms with Crippen molar-refractivity contribution in [2.75, 3.05) is 13.1 Å². The van der Waals surface area contributed by atoms with Gasteiger partial charge in [-0.3, -0.25) is 4.98 Å². The first-order valence-electron chi connectivity index (χ1n) is 6.90. The number of nitrogens with zero attached hydrogens (tertiary/aromatic N) is 2. The molecule has 5 heteroatoms. The largest absolute Gasteiger partial charge is 0.508 e. The maximum absolute atomic E-state index is 12.0. The Bertz CT molecular complexity index is 488. The highest BCUT2D eigenvalue weighted by molar-refractivity contribution is 5.68. The van der Waals surface area contributed by atoms with E-state index in [1.807, 2.05) is 27.7 Å². The molecular weight excluding hydrogens is 256 g/mol. The molecule has 0 aromatic carbocycles. The van der Waals surface area contributed by atoms with Gasteiger partial charge in [-0.2, -0.15) is 0 Å². The molecule has 2 rings (SSSR count). The predicted molar refractivity (Wildman–Crippen MR) is 75.8 cm³/mol. The van der Waals surface area contributed by atoms with Gasteiger partial charge >= 0.3 is 6.09 Å². The summed E-state index contributed by atoms with van der Waals surface area (Å²) in [5.41, 5.74) is 1.15. The van der Waals surface area contributed by atoms with Crippen molar-refractivity contribution in [1.82, 2.24) is 9.88 Å². The van der Waals surface area contributed by atoms with Crippen LogP contribution in [-0.2, 0) is 4.74 Å². The summed E-state index contributed by atoms with van der Waals surface area (Å²) in [4.78, 5) is 18.2. The molecule has 1 atom stereocenters. The van der Waals surface area contributed by atoms with Gasteiger partial charge in [0.15, 0.2) is 0 Å². The van der Waals surface area contributed by atoms with Crippen LogP contribution in [0.25, 0.3) is 0 Å². The summed E-state index contributed by atoms with van der Waals surface area (Å²) < 4.78 is 5.37. The molecule has 0 bridgehead atoms. The van der Waals surface area contributed by atoms with Crippen LogP contribution >= 0.6 is 0 Å². The second-order valence-corrected chi connectivity index (χ2v) is 6.30. The smallest absolute Gasteiger partial charge is 0.410 e. The van der Waals surface area contributed by atoms with Crippen molar-refractivity contribution in [2.45, 2.75) is 45.6 Å². The Hall–Kier alpha value is -1.78. The van der Waals surface area contributed by atoms with E-state index in [9.17, 15) is 9.90 Å². The molecule has 110 valence electrons. The Labute approximate surface area is 119 Å². The molecule has 1 saturated heterocycles. The number of pyridine rings is 1. The molecule has 1 aromatic heterocycles. The number of carbonyl (C=O) groups excluding carboxylic acids is 1. The zero-order chi connectivity index (χ0) is 14.9. The molecule has 0 radical (unpaired) electrons. The van der Waals surface area contributed by atoms with Gasteiger partial charge < -0.3 is 14.7 Å². The number of carbonyl (C=O) groups is 1. The van der Waals surface area contributed by atoms with E-state index in [1.165, 1.54) is 0 Å². The summed E-state index contributed by atoms with van der Waals surface area (Å²) in [5.74, 6) is 0.386. The van der Waals surface area contributed by atoms with Crippen molar-refractivity contribution in [1.29, 1.82) is 0 Å². The van der Waals surface area contributed by atoms with Crippen LogP contribution in [-0.4, -0.2) is 39.8 Å². The predicted octanol–water partition coefficient (Wildman–Crippen LogP) is 2.82. The molecule has 1 amide bonds. The number of aromatic nitrogens is 1. The van der Waals surface area contributed by atoms with Crippen molar-refractivity contribution < 1.29 is 14.6 Å². The lowest BCUT2D eigenvalue weighted by Gasteiger charge is -2.24. The monoisotopic (exact) mass is 278 g/mol. The Morgan fingerprint density at radius 1 is 1.45 bits per heavy atom. The maximum Gasteiger partial charge on any atom is 0.410 e. The van der Waals surface area contributed by atoms with Gasteiger partial charge in [-0.05, 0) is 34.1 Å². The summed E-state index contributed by atoms with van der Waals surface area (Å²) in [7, 11) is 0. The van der Waals surface area contributed by atoms with E-state index in [0.29, 0.717) is 13.1 Å². The van der Waals surface area contributed by atoms with Crippen LogP contribution in [0.3, 0.4) is 0 Å². The molecular formula is C15H22N2O3. The number of ether oxygens (including phenoxy) is 1. The van der Waals surface area contributed by atoms with Gasteiger partial charge in [0.2, 0.25) is 0 Å². The Kier molecular flexibility index (Phi) is 3.88. The van der Waals surface area contributed by atoms with E-state index in [1.54, 1.807) is 17.0 Å². The van der Waals surface area contributed by atoms with Crippen molar-refractivity contribution in [2.24, 2.45) is 0 Å². The van der Waals surface area contributed by atoms with E-state index in [-0.39, 0.29) is 17.8 Å². The minimum atomic E-state index is -0.477. The zero-order valence-electron chi connectivity index (χ0n) is 12.5. The third-order valence-corrected chi connectivity index (χ3v) is 3.22. The lowest BCUT2D eigenvalue weighted by Crippen LogP contribution is -2.35. The molecule has 0 spiro atoms. The first-order chi connectivity index (χ1) is 9.24. The average Bonchev–Trinajstić information content (AvgIpc) is 2.74. The van der Waals surface area contributed by atoms with Crippen LogP contribution in [0.2, 0.25) is 0 Å². The van der Waals surface area contributed by atoms with Gasteiger partial charge in [0.25, 0.3) is 0 Å². The normalized spacial score (nSPS) is 19.2. The van der Waals surface area contributed by atoms with Gasteiger partial charge in [0.05, 0.1) is 0 Å². The quantitative estimate of drug-likeness (QED) is 0.858. The van der Waals surface area contributed by atoms with Gasteiger partial charge in [0.1, 0.15) is 11.4 Å². The first kappa shape index (κ1) is 14.6. The van der Waals surface area contributed by atoms with Gasteiger partial charge in [-0.25, -0.2) is 4.79 Å². The van der Waals surface area contributed by atoms with Crippen molar-refractivity contribution >= 4 is 6.09 Å². The number of amides is 1. The fraction of sp³-hybridized carbons (Fsp3) is 0.600. The molecule has 0 aliphatic carbocycles. The van der Waals surface area contributed by atoms with Gasteiger partial charge in [-0.15, -0.1) is 0 Å². The maximum atomic E-state index is 12.0. The Morgan fingerprint density at radius 3 is 2.75 bits per heavy atom. The highest BCUT2D eigenvalue weighted by Gasteiger charge is 2.31. The molecule has 1 aromatic rings. The summed E-state index contributed by atoms with van der Waals surface area (Å²) >= 11 is 0. The number of hydrogen-bond donors (Lipinski definition) is 1. The summed E-state index contributed by atoms with van der Waals surface area (Å²) in [5, 5.41) is 9.64. The number of likely N-dealkylation sites (tertiary alicyclic amines) is 1. The minimum absolute atomic E-state index is 0.160. The fourth-order valence-electron chi connectivity index (χ4n) is 2.38. The lowest BCUT2D eigenvalue weighted by atomic mass is 10.0. The molecule has 1 aliphatic heterocycles. The number of aromatic hydroxyl groups is 1. The second-order valence-electron chi connectivity index (χ2n) is 6.30. The van der Waals surface area contributed by atoms with Crippen LogP contribution < -0.4 is 0 Å². The van der Waals surface area contributed by atoms with Crippen LogP contribution in [0.4, 0.5) is 4.79 Å². The standard InChI is InChI=1S/C15H22N2O3/c1-10-7-12(18)8-13(16-10)11-5-6-17(9-11)14(19)20-15(2,3)4/h7-8,11H,5-6,9H2,1-4H3,(H,16,18). The topological polar surface area (TPSA) is 62.7 Å². The lowest BCUT2D eigenvalue weighted by molar-refractivity contribution is 0.0292. The summed E-state index contributed by atoms with van der Waals surface area (Å²) in [6.45, 7) is 8.68. The van der Waals surface area contributed by atoms with Crippen molar-refractivity contribution in [3.63, 3.8) is 0 Å². The van der Waals surface area contributed by atoms with Gasteiger partial charge in [-0.1, -0.05) is 0 Å². The zero-order valence-corrected chi connectivity index (χ0v) is 12.5. The Balaban J connectivity index is 2.03. The van der Waals surface area contributed by atoms with Gasteiger partial charge in [0, 0.05) is 42.5 Å². The molecule has 1 N–H and O–H groups in total. The van der Waals surface area contributed by atoms with Crippen molar-refractivity contribution in [3.8, 4) is 5.75 Å². The van der Waals surface area contributed by atoms with Crippen LogP contribution in [0.5, 0.6) is 5.75 Å². The molecule has 1 aliphatic rings. The van der Waals surface area contributed by atoms with E-state index in [4.69, 9.17) is 4.74 Å². The van der Waals surface area contributed by atoms with Crippen molar-refractivity contribution in [3.05, 3.63) is 23.5 Å². The third kappa shape index (κ3) is 3.62. The van der Waals surface area contributed by atoms with E-state index >= 15 is 0 Å². The van der Waals surface area contributed by atoms with Crippen LogP contribution in [0, 0.1) is 6.92 Å². The summed E-state index contributed by atoms with van der Waals surface area (Å²) in [6.07, 6.45) is 0.562. The number of hydrogen-bond acceptors (Lipinski definition) is 4. The van der Waals surface area contributed by atoms with Crippen LogP contribution in [0.1, 0.15) is 44.5 Å². The van der Waals surface area contributed by atoms with E-state index < -0.39 is 5.60 Å². The van der Waals surface area contributed by atoms with E-state index in [0.717, 1.165) is 17.8 Å². The van der Waals surface area contributed by atoms with Crippen LogP contribution in [0.15, 0.2) is 12.1 Å². The SMILES string of the molecule is Cc1cc(O)cc(C2CCN(C(=O)OC(C)(C)C)C2)n1. The molecule has 5 nitrogen and oxygen atoms in total. The molecule has 2 heterocycles. The molecule has 1 fully saturated rings. The Morgan fingerprint density at radius 2 is 2.15 bits per heavy atom. The average molecular weight is 278 g/mol. The second kappa shape index (κ2) is 5.31. The molecule has 0 saturated carbocycles. The minimum Gasteiger partial charge on any atom is -0.508 e. The first-order valence-corrected chi connectivity index (χ1v) is 6.90.